The van der Waals surface area contributed by atoms with Gasteiger partial charge in [0.15, 0.2) is 6.29 Å². The van der Waals surface area contributed by atoms with E-state index >= 15 is 0 Å². The number of nitrogens with zero attached hydrogens (tertiary/aromatic N) is 1. The number of benzene rings is 1. The van der Waals surface area contributed by atoms with Crippen LogP contribution in [0.1, 0.15) is 37.8 Å². The number of allylic oxidation sites excluding steroid dienone is 2. The number of carbonyl (C=O) groups is 3. The molecule has 1 heterocycles. The van der Waals surface area contributed by atoms with Crippen LogP contribution in [0.2, 0.25) is 0 Å². The lowest BCUT2D eigenvalue weighted by molar-refractivity contribution is -0.143. The van der Waals surface area contributed by atoms with Crippen LogP contribution in [0, 0.1) is 11.3 Å². The molecule has 0 saturated heterocycles. The van der Waals surface area contributed by atoms with Gasteiger partial charge in [0.2, 0.25) is 0 Å². The molecule has 7 nitrogen and oxygen atoms in total. The van der Waals surface area contributed by atoms with Crippen LogP contribution in [-0.2, 0) is 23.9 Å². The van der Waals surface area contributed by atoms with E-state index < -0.39 is 17.9 Å². The highest BCUT2D eigenvalue weighted by Gasteiger charge is 2.40. The van der Waals surface area contributed by atoms with Gasteiger partial charge in [-0.05, 0) is 32.4 Å². The summed E-state index contributed by atoms with van der Waals surface area (Å²) in [6.45, 7) is 5.02. The first-order valence-corrected chi connectivity index (χ1v) is 8.31. The van der Waals surface area contributed by atoms with E-state index in [1.165, 1.54) is 7.11 Å². The van der Waals surface area contributed by atoms with Crippen LogP contribution in [0.3, 0.4) is 0 Å². The topological polar surface area (TPSA) is 105 Å². The zero-order chi connectivity index (χ0) is 20.1. The molecule has 7 heteroatoms. The second-order valence-corrected chi connectivity index (χ2v) is 6.19. The van der Waals surface area contributed by atoms with Crippen molar-refractivity contribution in [1.82, 2.24) is 5.32 Å². The van der Waals surface area contributed by atoms with Crippen molar-refractivity contribution in [2.75, 3.05) is 7.11 Å². The summed E-state index contributed by atoms with van der Waals surface area (Å²) in [6, 6.07) is 8.64. The van der Waals surface area contributed by atoms with E-state index in [4.69, 9.17) is 9.47 Å². The number of esters is 2. The summed E-state index contributed by atoms with van der Waals surface area (Å²) in [7, 11) is 1.18. The molecule has 0 fully saturated rings. The number of dihydropyridines is 1. The predicted molar refractivity (Wildman–Crippen MR) is 96.1 cm³/mol. The molecule has 0 saturated carbocycles. The van der Waals surface area contributed by atoms with Gasteiger partial charge < -0.3 is 14.8 Å². The van der Waals surface area contributed by atoms with E-state index in [1.807, 2.05) is 0 Å². The standard InChI is InChI=1S/C20H20N2O5/c1-11(2)27-20(25)16-12(3)22-15(10-23)18(19(24)26-4)17(16)14-8-6-5-7-13(14)9-21/h5-8,10-11,17,22H,1-4H3. The van der Waals surface area contributed by atoms with Crippen molar-refractivity contribution in [3.8, 4) is 6.07 Å². The lowest BCUT2D eigenvalue weighted by atomic mass is 9.78. The van der Waals surface area contributed by atoms with E-state index in [1.54, 1.807) is 45.0 Å². The maximum Gasteiger partial charge on any atom is 0.337 e. The van der Waals surface area contributed by atoms with Gasteiger partial charge in [0.25, 0.3) is 0 Å². The molecule has 140 valence electrons. The number of carbonyl (C=O) groups excluding carboxylic acids is 3. The first-order valence-electron chi connectivity index (χ1n) is 8.31. The minimum Gasteiger partial charge on any atom is -0.466 e. The molecular weight excluding hydrogens is 348 g/mol. The Hall–Kier alpha value is -3.40. The maximum absolute atomic E-state index is 12.8. The Kier molecular flexibility index (Phi) is 6.14. The lowest BCUT2D eigenvalue weighted by Crippen LogP contribution is -2.34. The van der Waals surface area contributed by atoms with Crippen LogP contribution in [0.4, 0.5) is 0 Å². The molecular formula is C20H20N2O5. The van der Waals surface area contributed by atoms with Crippen molar-refractivity contribution < 1.29 is 23.9 Å². The van der Waals surface area contributed by atoms with Crippen molar-refractivity contribution in [3.05, 3.63) is 57.9 Å². The SMILES string of the molecule is COC(=O)C1=C(C=O)NC(C)=C(C(=O)OC(C)C)C1c1ccccc1C#N. The van der Waals surface area contributed by atoms with E-state index in [0.29, 0.717) is 17.5 Å². The summed E-state index contributed by atoms with van der Waals surface area (Å²) in [5.41, 5.74) is 1.15. The number of nitrogens with one attached hydrogen (secondary N) is 1. The average Bonchev–Trinajstić information content (AvgIpc) is 2.65. The van der Waals surface area contributed by atoms with E-state index in [9.17, 15) is 19.6 Å². The first-order chi connectivity index (χ1) is 12.8. The van der Waals surface area contributed by atoms with Crippen LogP contribution in [0.25, 0.3) is 0 Å². The molecule has 1 N–H and O–H groups in total. The number of hydrogen-bond acceptors (Lipinski definition) is 7. The largest absolute Gasteiger partial charge is 0.466 e. The minimum atomic E-state index is -0.971. The molecule has 0 radical (unpaired) electrons. The van der Waals surface area contributed by atoms with Crippen molar-refractivity contribution >= 4 is 18.2 Å². The summed E-state index contributed by atoms with van der Waals surface area (Å²) < 4.78 is 10.2. The second-order valence-electron chi connectivity index (χ2n) is 6.19. The van der Waals surface area contributed by atoms with Gasteiger partial charge in [0, 0.05) is 5.70 Å². The fraction of sp³-hybridized carbons (Fsp3) is 0.300. The maximum atomic E-state index is 12.8. The van der Waals surface area contributed by atoms with Gasteiger partial charge in [-0.1, -0.05) is 18.2 Å². The fourth-order valence-electron chi connectivity index (χ4n) is 2.99. The van der Waals surface area contributed by atoms with Crippen LogP contribution in [0.5, 0.6) is 0 Å². The molecule has 1 atom stereocenters. The number of aldehydes is 1. The Morgan fingerprint density at radius 2 is 1.89 bits per heavy atom. The van der Waals surface area contributed by atoms with Gasteiger partial charge in [-0.2, -0.15) is 5.26 Å². The zero-order valence-corrected chi connectivity index (χ0v) is 15.5. The number of nitriles is 1. The van der Waals surface area contributed by atoms with Crippen molar-refractivity contribution in [3.63, 3.8) is 0 Å². The van der Waals surface area contributed by atoms with Crippen molar-refractivity contribution in [1.29, 1.82) is 5.26 Å². The highest BCUT2D eigenvalue weighted by molar-refractivity contribution is 6.03. The molecule has 0 aliphatic carbocycles. The van der Waals surface area contributed by atoms with Crippen LogP contribution in [-0.4, -0.2) is 31.4 Å². The number of ether oxygens (including phenoxy) is 2. The fourth-order valence-corrected chi connectivity index (χ4v) is 2.99. The summed E-state index contributed by atoms with van der Waals surface area (Å²) >= 11 is 0. The minimum absolute atomic E-state index is 0.0156. The summed E-state index contributed by atoms with van der Waals surface area (Å²) in [5.74, 6) is -2.38. The van der Waals surface area contributed by atoms with Gasteiger partial charge in [0.05, 0.1) is 47.6 Å². The molecule has 1 aromatic rings. The number of rotatable bonds is 5. The van der Waals surface area contributed by atoms with E-state index in [0.717, 1.165) is 0 Å². The quantitative estimate of drug-likeness (QED) is 0.626. The predicted octanol–water partition coefficient (Wildman–Crippen LogP) is 2.10. The average molecular weight is 368 g/mol. The van der Waals surface area contributed by atoms with Crippen LogP contribution >= 0.6 is 0 Å². The molecule has 0 spiro atoms. The van der Waals surface area contributed by atoms with Gasteiger partial charge in [-0.3, -0.25) is 4.79 Å². The Morgan fingerprint density at radius 3 is 2.44 bits per heavy atom. The molecule has 1 unspecified atom stereocenters. The van der Waals surface area contributed by atoms with Gasteiger partial charge in [-0.15, -0.1) is 0 Å². The molecule has 27 heavy (non-hydrogen) atoms. The molecule has 0 bridgehead atoms. The zero-order valence-electron chi connectivity index (χ0n) is 15.5. The molecule has 1 aliphatic heterocycles. The third-order valence-corrected chi connectivity index (χ3v) is 4.07. The van der Waals surface area contributed by atoms with Gasteiger partial charge >= 0.3 is 11.9 Å². The molecule has 0 amide bonds. The summed E-state index contributed by atoms with van der Waals surface area (Å²) in [6.07, 6.45) is 0.102. The third-order valence-electron chi connectivity index (χ3n) is 4.07. The van der Waals surface area contributed by atoms with Crippen molar-refractivity contribution in [2.45, 2.75) is 32.8 Å². The van der Waals surface area contributed by atoms with Crippen LogP contribution < -0.4 is 5.32 Å². The number of hydrogen-bond donors (Lipinski definition) is 1. The monoisotopic (exact) mass is 368 g/mol. The highest BCUT2D eigenvalue weighted by Crippen LogP contribution is 2.40. The van der Waals surface area contributed by atoms with E-state index in [-0.39, 0.29) is 28.5 Å². The normalized spacial score (nSPS) is 16.5. The first kappa shape index (κ1) is 19.9. The Balaban J connectivity index is 2.79. The second kappa shape index (κ2) is 8.32. The summed E-state index contributed by atoms with van der Waals surface area (Å²) in [5, 5.41) is 12.3. The molecule has 2 rings (SSSR count). The molecule has 0 aromatic heterocycles. The number of methoxy groups -OCH3 is 1. The third kappa shape index (κ3) is 3.90. The summed E-state index contributed by atoms with van der Waals surface area (Å²) in [4.78, 5) is 36.9. The Morgan fingerprint density at radius 1 is 1.22 bits per heavy atom. The Bertz CT molecular complexity index is 890. The van der Waals surface area contributed by atoms with Gasteiger partial charge in [0.1, 0.15) is 0 Å². The molecule has 1 aromatic carbocycles. The molecule has 1 aliphatic rings. The highest BCUT2D eigenvalue weighted by atomic mass is 16.5. The van der Waals surface area contributed by atoms with E-state index in [2.05, 4.69) is 11.4 Å². The van der Waals surface area contributed by atoms with Gasteiger partial charge in [-0.25, -0.2) is 9.59 Å². The Labute approximate surface area is 157 Å². The van der Waals surface area contributed by atoms with Crippen molar-refractivity contribution in [2.24, 2.45) is 0 Å². The smallest absolute Gasteiger partial charge is 0.337 e. The lowest BCUT2D eigenvalue weighted by Gasteiger charge is -2.30. The van der Waals surface area contributed by atoms with Crippen LogP contribution in [0.15, 0.2) is 46.8 Å².